The molecule has 2 nitrogen and oxygen atoms in total. The standard InChI is InChI=1S/C17H25BrN2/c1-13(14-7-2-3-8-15(14)18)20-12-5-4-10-17(20)16-9-6-11-19-16/h2-3,7-8,13,16-17,19H,4-6,9-12H2,1H3. The molecule has 0 radical (unpaired) electrons. The van der Waals surface area contributed by atoms with E-state index in [1.54, 1.807) is 0 Å². The molecule has 2 fully saturated rings. The van der Waals surface area contributed by atoms with E-state index in [-0.39, 0.29) is 0 Å². The summed E-state index contributed by atoms with van der Waals surface area (Å²) in [6.07, 6.45) is 6.79. The lowest BCUT2D eigenvalue weighted by Crippen LogP contribution is -2.50. The third-order valence-electron chi connectivity index (χ3n) is 5.01. The molecule has 1 N–H and O–H groups in total. The summed E-state index contributed by atoms with van der Waals surface area (Å²) in [6.45, 7) is 4.82. The second-order valence-electron chi connectivity index (χ2n) is 6.20. The average molecular weight is 337 g/mol. The van der Waals surface area contributed by atoms with Crippen molar-refractivity contribution >= 4 is 15.9 Å². The zero-order valence-electron chi connectivity index (χ0n) is 12.3. The van der Waals surface area contributed by atoms with Gasteiger partial charge in [0.2, 0.25) is 0 Å². The third-order valence-corrected chi connectivity index (χ3v) is 5.73. The molecule has 3 unspecified atom stereocenters. The summed E-state index contributed by atoms with van der Waals surface area (Å²) in [4.78, 5) is 2.74. The van der Waals surface area contributed by atoms with Gasteiger partial charge in [-0.3, -0.25) is 4.90 Å². The molecule has 0 saturated carbocycles. The highest BCUT2D eigenvalue weighted by molar-refractivity contribution is 9.10. The number of nitrogens with zero attached hydrogens (tertiary/aromatic N) is 1. The number of rotatable bonds is 3. The number of piperidine rings is 1. The molecule has 2 aliphatic heterocycles. The molecule has 3 atom stereocenters. The summed E-state index contributed by atoms with van der Waals surface area (Å²) < 4.78 is 1.25. The predicted octanol–water partition coefficient (Wildman–Crippen LogP) is 4.12. The maximum Gasteiger partial charge on any atom is 0.0334 e. The zero-order valence-corrected chi connectivity index (χ0v) is 13.9. The molecular formula is C17H25BrN2. The van der Waals surface area contributed by atoms with Crippen molar-refractivity contribution in [1.29, 1.82) is 0 Å². The molecule has 0 aromatic heterocycles. The van der Waals surface area contributed by atoms with Crippen molar-refractivity contribution in [1.82, 2.24) is 10.2 Å². The lowest BCUT2D eigenvalue weighted by molar-refractivity contribution is 0.0800. The summed E-state index contributed by atoms with van der Waals surface area (Å²) in [6, 6.07) is 10.6. The number of nitrogens with one attached hydrogen (secondary N) is 1. The van der Waals surface area contributed by atoms with Gasteiger partial charge in [-0.25, -0.2) is 0 Å². The molecule has 110 valence electrons. The summed E-state index contributed by atoms with van der Waals surface area (Å²) in [5.41, 5.74) is 1.43. The Kier molecular flexibility index (Phi) is 4.79. The van der Waals surface area contributed by atoms with Crippen molar-refractivity contribution in [3.8, 4) is 0 Å². The predicted molar refractivity (Wildman–Crippen MR) is 87.9 cm³/mol. The van der Waals surface area contributed by atoms with E-state index >= 15 is 0 Å². The van der Waals surface area contributed by atoms with Crippen LogP contribution in [0.3, 0.4) is 0 Å². The van der Waals surface area contributed by atoms with Gasteiger partial charge >= 0.3 is 0 Å². The van der Waals surface area contributed by atoms with Crippen molar-refractivity contribution in [2.45, 2.75) is 57.2 Å². The van der Waals surface area contributed by atoms with Crippen molar-refractivity contribution in [2.75, 3.05) is 13.1 Å². The highest BCUT2D eigenvalue weighted by Gasteiger charge is 2.34. The molecule has 20 heavy (non-hydrogen) atoms. The maximum atomic E-state index is 3.72. The minimum Gasteiger partial charge on any atom is -0.312 e. The fourth-order valence-corrected chi connectivity index (χ4v) is 4.54. The lowest BCUT2D eigenvalue weighted by atomic mass is 9.91. The van der Waals surface area contributed by atoms with Crippen LogP contribution in [-0.4, -0.2) is 30.1 Å². The van der Waals surface area contributed by atoms with Gasteiger partial charge in [-0.2, -0.15) is 0 Å². The van der Waals surface area contributed by atoms with Crippen molar-refractivity contribution in [2.24, 2.45) is 0 Å². The highest BCUT2D eigenvalue weighted by Crippen LogP contribution is 2.34. The van der Waals surface area contributed by atoms with E-state index in [0.29, 0.717) is 18.1 Å². The van der Waals surface area contributed by atoms with E-state index in [4.69, 9.17) is 0 Å². The first kappa shape index (κ1) is 14.6. The summed E-state index contributed by atoms with van der Waals surface area (Å²) in [5.74, 6) is 0. The van der Waals surface area contributed by atoms with Crippen LogP contribution >= 0.6 is 15.9 Å². The van der Waals surface area contributed by atoms with Crippen LogP contribution < -0.4 is 5.32 Å². The Morgan fingerprint density at radius 2 is 2.05 bits per heavy atom. The van der Waals surface area contributed by atoms with Gasteiger partial charge in [0, 0.05) is 22.6 Å². The molecule has 3 heteroatoms. The van der Waals surface area contributed by atoms with Crippen LogP contribution in [0.4, 0.5) is 0 Å². The van der Waals surface area contributed by atoms with Gasteiger partial charge in [0.05, 0.1) is 0 Å². The van der Waals surface area contributed by atoms with Gasteiger partial charge in [-0.1, -0.05) is 40.5 Å². The molecule has 0 aliphatic carbocycles. The first-order valence-electron chi connectivity index (χ1n) is 8.01. The molecule has 0 bridgehead atoms. The Morgan fingerprint density at radius 1 is 1.20 bits per heavy atom. The van der Waals surface area contributed by atoms with Crippen LogP contribution in [0.5, 0.6) is 0 Å². The van der Waals surface area contributed by atoms with Crippen molar-refractivity contribution in [3.05, 3.63) is 34.3 Å². The summed E-state index contributed by atoms with van der Waals surface area (Å²) in [5, 5.41) is 3.72. The van der Waals surface area contributed by atoms with Crippen LogP contribution in [0.15, 0.2) is 28.7 Å². The van der Waals surface area contributed by atoms with E-state index in [1.165, 1.54) is 55.2 Å². The lowest BCUT2D eigenvalue weighted by Gasteiger charge is -2.43. The van der Waals surface area contributed by atoms with E-state index in [0.717, 1.165) is 0 Å². The fourth-order valence-electron chi connectivity index (χ4n) is 3.93. The second-order valence-corrected chi connectivity index (χ2v) is 7.06. The van der Waals surface area contributed by atoms with Gasteiger partial charge in [0.1, 0.15) is 0 Å². The first-order chi connectivity index (χ1) is 9.77. The van der Waals surface area contributed by atoms with Crippen molar-refractivity contribution in [3.63, 3.8) is 0 Å². The molecule has 2 aliphatic rings. The monoisotopic (exact) mass is 336 g/mol. The van der Waals surface area contributed by atoms with Gasteiger partial charge in [-0.15, -0.1) is 0 Å². The van der Waals surface area contributed by atoms with E-state index in [2.05, 4.69) is 57.3 Å². The number of likely N-dealkylation sites (tertiary alicyclic amines) is 1. The minimum atomic E-state index is 0.498. The van der Waals surface area contributed by atoms with Crippen LogP contribution in [0.25, 0.3) is 0 Å². The third kappa shape index (κ3) is 2.95. The summed E-state index contributed by atoms with van der Waals surface area (Å²) >= 11 is 3.72. The number of hydrogen-bond acceptors (Lipinski definition) is 2. The molecule has 1 aromatic carbocycles. The SMILES string of the molecule is CC(c1ccccc1Br)N1CCCCC1C1CCCN1. The van der Waals surface area contributed by atoms with E-state index in [9.17, 15) is 0 Å². The molecule has 1 aromatic rings. The molecule has 2 heterocycles. The van der Waals surface area contributed by atoms with Crippen LogP contribution in [0.2, 0.25) is 0 Å². The smallest absolute Gasteiger partial charge is 0.0334 e. The normalized spacial score (nSPS) is 29.5. The topological polar surface area (TPSA) is 15.3 Å². The van der Waals surface area contributed by atoms with Gasteiger partial charge in [-0.05, 0) is 57.3 Å². The Balaban J connectivity index is 1.80. The number of hydrogen-bond donors (Lipinski definition) is 1. The van der Waals surface area contributed by atoms with Crippen LogP contribution in [0, 0.1) is 0 Å². The van der Waals surface area contributed by atoms with Gasteiger partial charge in [0.25, 0.3) is 0 Å². The Labute approximate surface area is 131 Å². The van der Waals surface area contributed by atoms with E-state index < -0.39 is 0 Å². The molecular weight excluding hydrogens is 312 g/mol. The number of benzene rings is 1. The molecule has 2 saturated heterocycles. The number of halogens is 1. The van der Waals surface area contributed by atoms with Crippen LogP contribution in [-0.2, 0) is 0 Å². The van der Waals surface area contributed by atoms with E-state index in [1.807, 2.05) is 0 Å². The first-order valence-corrected chi connectivity index (χ1v) is 8.80. The maximum absolute atomic E-state index is 3.72. The molecule has 0 amide bonds. The minimum absolute atomic E-state index is 0.498. The molecule has 0 spiro atoms. The van der Waals surface area contributed by atoms with Crippen LogP contribution in [0.1, 0.15) is 50.6 Å². The Hall–Kier alpha value is -0.380. The van der Waals surface area contributed by atoms with Crippen molar-refractivity contribution < 1.29 is 0 Å². The Bertz CT molecular complexity index is 442. The van der Waals surface area contributed by atoms with Gasteiger partial charge in [0.15, 0.2) is 0 Å². The second kappa shape index (κ2) is 6.59. The fraction of sp³-hybridized carbons (Fsp3) is 0.647. The zero-order chi connectivity index (χ0) is 13.9. The quantitative estimate of drug-likeness (QED) is 0.893. The largest absolute Gasteiger partial charge is 0.312 e. The Morgan fingerprint density at radius 3 is 2.80 bits per heavy atom. The van der Waals surface area contributed by atoms with Gasteiger partial charge < -0.3 is 5.32 Å². The highest BCUT2D eigenvalue weighted by atomic mass is 79.9. The summed E-state index contributed by atoms with van der Waals surface area (Å²) in [7, 11) is 0. The average Bonchev–Trinajstić information content (AvgIpc) is 3.01. The molecule has 3 rings (SSSR count).